The summed E-state index contributed by atoms with van der Waals surface area (Å²) in [5.74, 6) is 0.00415. The lowest BCUT2D eigenvalue weighted by Gasteiger charge is -2.37. The Balaban J connectivity index is 1.75. The third-order valence-electron chi connectivity index (χ3n) is 4.29. The number of aliphatic carboxylic acids is 1. The zero-order chi connectivity index (χ0) is 17.5. The Kier molecular flexibility index (Phi) is 6.34. The lowest BCUT2D eigenvalue weighted by atomic mass is 10.0. The number of amides is 2. The van der Waals surface area contributed by atoms with Crippen LogP contribution in [0.2, 0.25) is 0 Å². The Morgan fingerprint density at radius 1 is 1.33 bits per heavy atom. The van der Waals surface area contributed by atoms with Crippen molar-refractivity contribution in [1.82, 2.24) is 20.4 Å². The number of carbonyl (C=O) groups excluding carboxylic acids is 1. The molecular weight excluding hydrogens is 310 g/mol. The Morgan fingerprint density at radius 3 is 2.62 bits per heavy atom. The number of urea groups is 1. The Bertz CT molecular complexity index is 555. The van der Waals surface area contributed by atoms with Gasteiger partial charge in [-0.15, -0.1) is 5.10 Å². The predicted octanol–water partition coefficient (Wildman–Crippen LogP) is 1.26. The van der Waals surface area contributed by atoms with Gasteiger partial charge in [0.1, 0.15) is 0 Å². The predicted molar refractivity (Wildman–Crippen MR) is 90.0 cm³/mol. The van der Waals surface area contributed by atoms with E-state index in [0.717, 1.165) is 24.4 Å². The second-order valence-corrected chi connectivity index (χ2v) is 6.09. The third-order valence-corrected chi connectivity index (χ3v) is 4.29. The van der Waals surface area contributed by atoms with Crippen LogP contribution >= 0.6 is 0 Å². The highest BCUT2D eigenvalue weighted by Crippen LogP contribution is 2.20. The first kappa shape index (κ1) is 18.0. The average molecular weight is 335 g/mol. The van der Waals surface area contributed by atoms with Crippen LogP contribution in [0.1, 0.15) is 31.4 Å². The van der Waals surface area contributed by atoms with Gasteiger partial charge in [0.25, 0.3) is 0 Å². The van der Waals surface area contributed by atoms with Crippen molar-refractivity contribution in [3.8, 4) is 0 Å². The third kappa shape index (κ3) is 5.07. The van der Waals surface area contributed by atoms with E-state index in [9.17, 15) is 9.59 Å². The van der Waals surface area contributed by atoms with Crippen molar-refractivity contribution in [3.05, 3.63) is 17.8 Å². The summed E-state index contributed by atoms with van der Waals surface area (Å²) in [4.78, 5) is 26.4. The SMILES string of the molecule is Cc1ccc(N(C)C2CCN(C(=O)NCCCC(=O)O)CC2)nn1. The molecule has 1 saturated heterocycles. The molecule has 24 heavy (non-hydrogen) atoms. The maximum atomic E-state index is 12.1. The number of anilines is 1. The molecule has 8 nitrogen and oxygen atoms in total. The summed E-state index contributed by atoms with van der Waals surface area (Å²) in [7, 11) is 2.01. The second-order valence-electron chi connectivity index (χ2n) is 6.09. The van der Waals surface area contributed by atoms with Crippen LogP contribution in [0.25, 0.3) is 0 Å². The molecule has 0 radical (unpaired) electrons. The fraction of sp³-hybridized carbons (Fsp3) is 0.625. The summed E-state index contributed by atoms with van der Waals surface area (Å²) in [5, 5.41) is 19.6. The molecule has 1 aliphatic heterocycles. The molecule has 1 fully saturated rings. The highest BCUT2D eigenvalue weighted by atomic mass is 16.4. The minimum absolute atomic E-state index is 0.0741. The van der Waals surface area contributed by atoms with Gasteiger partial charge in [0.05, 0.1) is 5.69 Å². The van der Waals surface area contributed by atoms with E-state index in [1.165, 1.54) is 0 Å². The van der Waals surface area contributed by atoms with Crippen LogP contribution in [0.5, 0.6) is 0 Å². The number of carboxylic acid groups (broad SMARTS) is 1. The fourth-order valence-electron chi connectivity index (χ4n) is 2.77. The molecule has 1 aromatic rings. The number of piperidine rings is 1. The quantitative estimate of drug-likeness (QED) is 0.760. The van der Waals surface area contributed by atoms with Crippen LogP contribution in [-0.4, -0.2) is 64.9 Å². The lowest BCUT2D eigenvalue weighted by molar-refractivity contribution is -0.137. The molecule has 0 aromatic carbocycles. The number of hydrogen-bond donors (Lipinski definition) is 2. The molecule has 0 unspecified atom stereocenters. The van der Waals surface area contributed by atoms with Crippen molar-refractivity contribution >= 4 is 17.8 Å². The smallest absolute Gasteiger partial charge is 0.317 e. The number of carboxylic acids is 1. The first-order valence-corrected chi connectivity index (χ1v) is 8.25. The molecule has 8 heteroatoms. The normalized spacial score (nSPS) is 15.2. The number of likely N-dealkylation sites (tertiary alicyclic amines) is 1. The minimum Gasteiger partial charge on any atom is -0.481 e. The van der Waals surface area contributed by atoms with E-state index in [1.54, 1.807) is 4.90 Å². The molecular formula is C16H25N5O3. The number of carbonyl (C=O) groups is 2. The van der Waals surface area contributed by atoms with Crippen molar-refractivity contribution < 1.29 is 14.7 Å². The molecule has 0 spiro atoms. The molecule has 0 bridgehead atoms. The fourth-order valence-corrected chi connectivity index (χ4v) is 2.77. The van der Waals surface area contributed by atoms with Crippen molar-refractivity contribution in [2.45, 2.75) is 38.6 Å². The molecule has 132 valence electrons. The molecule has 1 aliphatic rings. The number of nitrogens with one attached hydrogen (secondary N) is 1. The van der Waals surface area contributed by atoms with Crippen molar-refractivity contribution in [2.24, 2.45) is 0 Å². The standard InChI is InChI=1S/C16H25N5O3/c1-12-5-6-14(19-18-12)20(2)13-7-10-21(11-8-13)16(24)17-9-3-4-15(22)23/h5-6,13H,3-4,7-11H2,1-2H3,(H,17,24)(H,22,23). The zero-order valence-corrected chi connectivity index (χ0v) is 14.2. The van der Waals surface area contributed by atoms with E-state index in [1.807, 2.05) is 26.1 Å². The molecule has 1 aromatic heterocycles. The summed E-state index contributed by atoms with van der Waals surface area (Å²) < 4.78 is 0. The first-order valence-electron chi connectivity index (χ1n) is 8.25. The van der Waals surface area contributed by atoms with E-state index in [2.05, 4.69) is 20.4 Å². The molecule has 2 amide bonds. The van der Waals surface area contributed by atoms with Gasteiger partial charge in [0.15, 0.2) is 5.82 Å². The first-order chi connectivity index (χ1) is 11.5. The van der Waals surface area contributed by atoms with E-state index >= 15 is 0 Å². The Labute approximate surface area is 141 Å². The zero-order valence-electron chi connectivity index (χ0n) is 14.2. The van der Waals surface area contributed by atoms with Gasteiger partial charge in [0.2, 0.25) is 0 Å². The molecule has 2 rings (SSSR count). The van der Waals surface area contributed by atoms with Crippen LogP contribution in [0.4, 0.5) is 10.6 Å². The van der Waals surface area contributed by atoms with Gasteiger partial charge < -0.3 is 20.2 Å². The van der Waals surface area contributed by atoms with Crippen molar-refractivity contribution in [1.29, 1.82) is 0 Å². The van der Waals surface area contributed by atoms with Crippen LogP contribution in [0.3, 0.4) is 0 Å². The van der Waals surface area contributed by atoms with E-state index in [4.69, 9.17) is 5.11 Å². The van der Waals surface area contributed by atoms with Gasteiger partial charge in [-0.05, 0) is 38.3 Å². The average Bonchev–Trinajstić information content (AvgIpc) is 2.58. The topological polar surface area (TPSA) is 98.7 Å². The molecule has 0 saturated carbocycles. The summed E-state index contributed by atoms with van der Waals surface area (Å²) in [6.45, 7) is 3.66. The monoisotopic (exact) mass is 335 g/mol. The van der Waals surface area contributed by atoms with Crippen LogP contribution in [-0.2, 0) is 4.79 Å². The van der Waals surface area contributed by atoms with Crippen LogP contribution < -0.4 is 10.2 Å². The summed E-state index contributed by atoms with van der Waals surface area (Å²) in [5.41, 5.74) is 0.890. The van der Waals surface area contributed by atoms with Gasteiger partial charge in [0, 0.05) is 39.1 Å². The van der Waals surface area contributed by atoms with E-state index in [-0.39, 0.29) is 12.5 Å². The number of rotatable bonds is 6. The number of aromatic nitrogens is 2. The minimum atomic E-state index is -0.840. The van der Waals surface area contributed by atoms with Gasteiger partial charge in [-0.3, -0.25) is 4.79 Å². The number of aryl methyl sites for hydroxylation is 1. The number of nitrogens with zero attached hydrogens (tertiary/aromatic N) is 4. The van der Waals surface area contributed by atoms with E-state index < -0.39 is 5.97 Å². The highest BCUT2D eigenvalue weighted by Gasteiger charge is 2.25. The summed E-state index contributed by atoms with van der Waals surface area (Å²) in [6.07, 6.45) is 2.26. The van der Waals surface area contributed by atoms with E-state index in [0.29, 0.717) is 32.1 Å². The van der Waals surface area contributed by atoms with Gasteiger partial charge in [-0.1, -0.05) is 0 Å². The Morgan fingerprint density at radius 2 is 2.04 bits per heavy atom. The molecule has 0 atom stereocenters. The van der Waals surface area contributed by atoms with Gasteiger partial charge in [-0.25, -0.2) is 4.79 Å². The van der Waals surface area contributed by atoms with Gasteiger partial charge >= 0.3 is 12.0 Å². The molecule has 2 heterocycles. The van der Waals surface area contributed by atoms with Crippen molar-refractivity contribution in [2.75, 3.05) is 31.6 Å². The highest BCUT2D eigenvalue weighted by molar-refractivity contribution is 5.74. The van der Waals surface area contributed by atoms with Crippen LogP contribution in [0.15, 0.2) is 12.1 Å². The second kappa shape index (κ2) is 8.47. The lowest BCUT2D eigenvalue weighted by Crippen LogP contribution is -2.49. The maximum Gasteiger partial charge on any atom is 0.317 e. The maximum absolute atomic E-state index is 12.1. The van der Waals surface area contributed by atoms with Gasteiger partial charge in [-0.2, -0.15) is 5.10 Å². The van der Waals surface area contributed by atoms with Crippen molar-refractivity contribution in [3.63, 3.8) is 0 Å². The summed E-state index contributed by atoms with van der Waals surface area (Å²) in [6, 6.07) is 4.12. The molecule has 2 N–H and O–H groups in total. The summed E-state index contributed by atoms with van der Waals surface area (Å²) >= 11 is 0. The number of hydrogen-bond acceptors (Lipinski definition) is 5. The Hall–Kier alpha value is -2.38. The largest absolute Gasteiger partial charge is 0.481 e. The molecule has 0 aliphatic carbocycles. The van der Waals surface area contributed by atoms with Crippen LogP contribution in [0, 0.1) is 6.92 Å².